The summed E-state index contributed by atoms with van der Waals surface area (Å²) >= 11 is 0. The van der Waals surface area contributed by atoms with Gasteiger partial charge in [0.25, 0.3) is 0 Å². The molecule has 5 rings (SSSR count). The molecule has 1 fully saturated rings. The summed E-state index contributed by atoms with van der Waals surface area (Å²) in [7, 11) is 0. The summed E-state index contributed by atoms with van der Waals surface area (Å²) in [6, 6.07) is 14.7. The van der Waals surface area contributed by atoms with Gasteiger partial charge in [0.1, 0.15) is 5.52 Å². The Morgan fingerprint density at radius 3 is 2.68 bits per heavy atom. The van der Waals surface area contributed by atoms with Crippen molar-refractivity contribution in [1.29, 1.82) is 0 Å². The lowest BCUT2D eigenvalue weighted by Gasteiger charge is -2.32. The Morgan fingerprint density at radius 1 is 1.14 bits per heavy atom. The zero-order chi connectivity index (χ0) is 19.1. The van der Waals surface area contributed by atoms with Gasteiger partial charge in [0.2, 0.25) is 0 Å². The minimum Gasteiger partial charge on any atom is -0.460 e. The van der Waals surface area contributed by atoms with Crippen LogP contribution in [0.3, 0.4) is 0 Å². The van der Waals surface area contributed by atoms with Crippen molar-refractivity contribution in [3.8, 4) is 0 Å². The first kappa shape index (κ1) is 17.2. The number of rotatable bonds is 4. The van der Waals surface area contributed by atoms with Gasteiger partial charge in [0, 0.05) is 31.0 Å². The molecule has 0 N–H and O–H groups in total. The monoisotopic (exact) mass is 374 g/mol. The van der Waals surface area contributed by atoms with E-state index in [1.165, 1.54) is 5.56 Å². The molecule has 0 saturated carbocycles. The number of ketones is 1. The lowest BCUT2D eigenvalue weighted by atomic mass is 9.86. The maximum absolute atomic E-state index is 12.0. The Bertz CT molecular complexity index is 1140. The highest BCUT2D eigenvalue weighted by Crippen LogP contribution is 2.40. The topological polar surface area (TPSA) is 57.3 Å². The highest BCUT2D eigenvalue weighted by Gasteiger charge is 2.30. The van der Waals surface area contributed by atoms with Crippen LogP contribution in [0.2, 0.25) is 0 Å². The molecule has 0 bridgehead atoms. The third kappa shape index (κ3) is 2.74. The summed E-state index contributed by atoms with van der Waals surface area (Å²) in [5, 5.41) is 0. The van der Waals surface area contributed by atoms with E-state index in [9.17, 15) is 4.79 Å². The zero-order valence-electron chi connectivity index (χ0n) is 15.8. The van der Waals surface area contributed by atoms with Crippen LogP contribution >= 0.6 is 0 Å². The lowest BCUT2D eigenvalue weighted by molar-refractivity contribution is 0.0553. The number of benzene rings is 1. The van der Waals surface area contributed by atoms with E-state index < -0.39 is 0 Å². The molecule has 3 aromatic heterocycles. The number of Topliss-reactive ketones (excluding diaryl/α,β-unsaturated/α-hetero) is 1. The van der Waals surface area contributed by atoms with Gasteiger partial charge >= 0.3 is 0 Å². The quantitative estimate of drug-likeness (QED) is 0.472. The molecule has 1 saturated heterocycles. The highest BCUT2D eigenvalue weighted by atomic mass is 16.5. The number of hydrogen-bond acceptors (Lipinski definition) is 4. The van der Waals surface area contributed by atoms with Crippen molar-refractivity contribution < 1.29 is 13.9 Å². The van der Waals surface area contributed by atoms with Crippen molar-refractivity contribution in [2.45, 2.75) is 25.8 Å². The molecule has 1 aliphatic heterocycles. The van der Waals surface area contributed by atoms with Crippen molar-refractivity contribution >= 4 is 27.9 Å². The van der Waals surface area contributed by atoms with Crippen molar-refractivity contribution in [1.82, 2.24) is 9.55 Å². The number of carbonyl (C=O) groups is 1. The third-order valence-electron chi connectivity index (χ3n) is 5.78. The smallest absolute Gasteiger partial charge is 0.178 e. The van der Waals surface area contributed by atoms with Crippen LogP contribution in [0.1, 0.15) is 41.7 Å². The fraction of sp³-hybridized carbons (Fsp3) is 0.304. The molecule has 5 nitrogen and oxygen atoms in total. The van der Waals surface area contributed by atoms with E-state index in [2.05, 4.69) is 33.8 Å². The summed E-state index contributed by atoms with van der Waals surface area (Å²) in [5.41, 5.74) is 5.41. The average Bonchev–Trinajstić information content (AvgIpc) is 3.32. The fourth-order valence-corrected chi connectivity index (χ4v) is 4.42. The van der Waals surface area contributed by atoms with Crippen LogP contribution in [0, 0.1) is 5.92 Å². The van der Waals surface area contributed by atoms with Gasteiger partial charge < -0.3 is 13.7 Å². The van der Waals surface area contributed by atoms with Crippen LogP contribution in [-0.2, 0) is 4.74 Å². The van der Waals surface area contributed by atoms with Crippen LogP contribution in [0.25, 0.3) is 22.1 Å². The van der Waals surface area contributed by atoms with Crippen molar-refractivity contribution in [3.05, 3.63) is 66.1 Å². The van der Waals surface area contributed by atoms with Gasteiger partial charge in [0.15, 0.2) is 11.4 Å². The van der Waals surface area contributed by atoms with Crippen LogP contribution in [-0.4, -0.2) is 28.5 Å². The maximum Gasteiger partial charge on any atom is 0.178 e. The standard InChI is InChI=1S/C23H22N2O3/c1-15(26)18-13-20-21(24-14-18)23-19(9-12-28-23)25(20)22(16-5-3-2-4-6-16)17-7-10-27-11-8-17/h2-6,9,12-14,17,22H,7-8,10-11H2,1H3. The molecule has 4 aromatic rings. The van der Waals surface area contributed by atoms with E-state index in [1.54, 1.807) is 19.4 Å². The third-order valence-corrected chi connectivity index (χ3v) is 5.78. The predicted octanol–water partition coefficient (Wildman–Crippen LogP) is 5.00. The van der Waals surface area contributed by atoms with Crippen LogP contribution < -0.4 is 0 Å². The molecular formula is C23H22N2O3. The van der Waals surface area contributed by atoms with Crippen molar-refractivity contribution in [2.75, 3.05) is 13.2 Å². The van der Waals surface area contributed by atoms with Crippen LogP contribution in [0.5, 0.6) is 0 Å². The van der Waals surface area contributed by atoms with Gasteiger partial charge in [-0.05, 0) is 37.3 Å². The predicted molar refractivity (Wildman–Crippen MR) is 108 cm³/mol. The lowest BCUT2D eigenvalue weighted by Crippen LogP contribution is -2.26. The fourth-order valence-electron chi connectivity index (χ4n) is 4.42. The first-order valence-electron chi connectivity index (χ1n) is 9.75. The molecule has 5 heteroatoms. The van der Waals surface area contributed by atoms with Crippen molar-refractivity contribution in [3.63, 3.8) is 0 Å². The molecule has 1 unspecified atom stereocenters. The summed E-state index contributed by atoms with van der Waals surface area (Å²) < 4.78 is 13.7. The van der Waals surface area contributed by atoms with E-state index in [4.69, 9.17) is 9.15 Å². The van der Waals surface area contributed by atoms with Gasteiger partial charge in [-0.25, -0.2) is 4.98 Å². The number of hydrogen-bond donors (Lipinski definition) is 0. The molecule has 0 spiro atoms. The van der Waals surface area contributed by atoms with Crippen LogP contribution in [0.15, 0.2) is 59.3 Å². The van der Waals surface area contributed by atoms with Gasteiger partial charge in [0.05, 0.1) is 23.3 Å². The molecule has 1 aliphatic rings. The molecule has 1 atom stereocenters. The zero-order valence-corrected chi connectivity index (χ0v) is 15.8. The van der Waals surface area contributed by atoms with Gasteiger partial charge in [-0.3, -0.25) is 4.79 Å². The Kier molecular flexibility index (Phi) is 4.24. The van der Waals surface area contributed by atoms with E-state index in [0.29, 0.717) is 11.5 Å². The first-order chi connectivity index (χ1) is 13.7. The highest BCUT2D eigenvalue weighted by molar-refractivity contribution is 6.05. The Labute approximate surface area is 162 Å². The van der Waals surface area contributed by atoms with Gasteiger partial charge in [-0.15, -0.1) is 0 Å². The van der Waals surface area contributed by atoms with Gasteiger partial charge in [-0.2, -0.15) is 0 Å². The Balaban J connectivity index is 1.80. The number of aromatic nitrogens is 2. The minimum absolute atomic E-state index is 0.0149. The number of carbonyl (C=O) groups excluding carboxylic acids is 1. The van der Waals surface area contributed by atoms with Crippen molar-refractivity contribution in [2.24, 2.45) is 5.92 Å². The number of pyridine rings is 1. The molecule has 0 aliphatic carbocycles. The molecule has 4 heterocycles. The minimum atomic E-state index is 0.0149. The average molecular weight is 374 g/mol. The van der Waals surface area contributed by atoms with E-state index in [-0.39, 0.29) is 11.8 Å². The molecule has 142 valence electrons. The number of ether oxygens (including phenoxy) is 1. The summed E-state index contributed by atoms with van der Waals surface area (Å²) in [4.78, 5) is 16.6. The van der Waals surface area contributed by atoms with E-state index in [1.807, 2.05) is 18.2 Å². The Hall–Kier alpha value is -2.92. The largest absolute Gasteiger partial charge is 0.460 e. The molecular weight excluding hydrogens is 352 g/mol. The molecule has 1 aromatic carbocycles. The second-order valence-electron chi connectivity index (χ2n) is 7.46. The number of furan rings is 1. The molecule has 0 amide bonds. The normalized spacial score (nSPS) is 16.6. The number of fused-ring (bicyclic) bond motifs is 3. The molecule has 0 radical (unpaired) electrons. The first-order valence-corrected chi connectivity index (χ1v) is 9.75. The second kappa shape index (κ2) is 6.91. The second-order valence-corrected chi connectivity index (χ2v) is 7.46. The van der Waals surface area contributed by atoms with Gasteiger partial charge in [-0.1, -0.05) is 30.3 Å². The number of nitrogens with zero attached hydrogens (tertiary/aromatic N) is 2. The SMILES string of the molecule is CC(=O)c1cnc2c3occc3n(C(c3ccccc3)C3CCOCC3)c2c1. The van der Waals surface area contributed by atoms with Crippen LogP contribution in [0.4, 0.5) is 0 Å². The maximum atomic E-state index is 12.0. The summed E-state index contributed by atoms with van der Waals surface area (Å²) in [6.07, 6.45) is 5.35. The van der Waals surface area contributed by atoms with E-state index in [0.717, 1.165) is 48.2 Å². The van der Waals surface area contributed by atoms with E-state index >= 15 is 0 Å². The Morgan fingerprint density at radius 2 is 1.93 bits per heavy atom. The summed E-state index contributed by atoms with van der Waals surface area (Å²) in [6.45, 7) is 3.13. The molecule has 28 heavy (non-hydrogen) atoms. The summed E-state index contributed by atoms with van der Waals surface area (Å²) in [5.74, 6) is 0.451.